The van der Waals surface area contributed by atoms with Crippen molar-refractivity contribution in [1.29, 1.82) is 0 Å². The van der Waals surface area contributed by atoms with Crippen molar-refractivity contribution in [3.05, 3.63) is 57.5 Å². The molecule has 6 heteroatoms. The van der Waals surface area contributed by atoms with Gasteiger partial charge in [0.25, 0.3) is 5.56 Å². The second-order valence-corrected chi connectivity index (χ2v) is 6.12. The van der Waals surface area contributed by atoms with Gasteiger partial charge in [0, 0.05) is 17.7 Å². The van der Waals surface area contributed by atoms with Crippen LogP contribution in [0.25, 0.3) is 0 Å². The monoisotopic (exact) mass is 317 g/mol. The Balaban J connectivity index is 2.25. The minimum Gasteiger partial charge on any atom is -0.549 e. The molecule has 1 aromatic heterocycles. The fourth-order valence-electron chi connectivity index (χ4n) is 2.08. The van der Waals surface area contributed by atoms with E-state index in [0.717, 1.165) is 17.3 Å². The highest BCUT2D eigenvalue weighted by Crippen LogP contribution is 2.21. The van der Waals surface area contributed by atoms with Crippen LogP contribution in [-0.2, 0) is 11.2 Å². The second-order valence-electron chi connectivity index (χ2n) is 4.93. The molecule has 1 aromatic carbocycles. The van der Waals surface area contributed by atoms with E-state index in [1.165, 1.54) is 0 Å². The lowest BCUT2D eigenvalue weighted by molar-refractivity contribution is -0.304. The van der Waals surface area contributed by atoms with Gasteiger partial charge in [-0.1, -0.05) is 49.0 Å². The predicted octanol–water partition coefficient (Wildman–Crippen LogP) is 1.29. The fraction of sp³-hybridized carbons (Fsp3) is 0.312. The maximum atomic E-state index is 12.2. The molecule has 1 heterocycles. The molecule has 0 aliphatic carbocycles. The quantitative estimate of drug-likeness (QED) is 0.641. The largest absolute Gasteiger partial charge is 0.549 e. The summed E-state index contributed by atoms with van der Waals surface area (Å²) in [4.78, 5) is 30.2. The second kappa shape index (κ2) is 7.26. The molecule has 0 bridgehead atoms. The van der Waals surface area contributed by atoms with Gasteiger partial charge in [0.05, 0.1) is 11.2 Å². The van der Waals surface area contributed by atoms with Crippen LogP contribution in [0, 0.1) is 6.92 Å². The minimum absolute atomic E-state index is 0.230. The standard InChI is InChI=1S/C16H18N2O3S/c1-3-13(15(20)21)22-16-17-10(2)12(14(19)18-16)9-11-7-5-4-6-8-11/h4-8,13H,3,9H2,1-2H3,(H,20,21)(H,17,18,19)/p-1/t13-/m1/s1. The molecular formula is C16H17N2O3S-. The van der Waals surface area contributed by atoms with Crippen LogP contribution in [0.2, 0.25) is 0 Å². The van der Waals surface area contributed by atoms with Gasteiger partial charge < -0.3 is 14.9 Å². The third-order valence-corrected chi connectivity index (χ3v) is 4.54. The predicted molar refractivity (Wildman–Crippen MR) is 83.8 cm³/mol. The zero-order chi connectivity index (χ0) is 16.1. The number of aromatic nitrogens is 2. The topological polar surface area (TPSA) is 85.9 Å². The Morgan fingerprint density at radius 2 is 2.05 bits per heavy atom. The Bertz CT molecular complexity index is 713. The van der Waals surface area contributed by atoms with Gasteiger partial charge in [-0.3, -0.25) is 4.79 Å². The van der Waals surface area contributed by atoms with E-state index in [1.54, 1.807) is 13.8 Å². The van der Waals surface area contributed by atoms with Crippen molar-refractivity contribution in [3.8, 4) is 0 Å². The molecule has 0 fully saturated rings. The maximum Gasteiger partial charge on any atom is 0.255 e. The number of benzene rings is 1. The van der Waals surface area contributed by atoms with Gasteiger partial charge in [-0.25, -0.2) is 4.98 Å². The van der Waals surface area contributed by atoms with E-state index in [4.69, 9.17) is 0 Å². The van der Waals surface area contributed by atoms with E-state index in [2.05, 4.69) is 9.97 Å². The third-order valence-electron chi connectivity index (χ3n) is 3.31. The fourth-order valence-corrected chi connectivity index (χ4v) is 2.96. The number of hydrogen-bond acceptors (Lipinski definition) is 5. The van der Waals surface area contributed by atoms with Gasteiger partial charge in [0.15, 0.2) is 5.16 Å². The van der Waals surface area contributed by atoms with Gasteiger partial charge in [-0.05, 0) is 18.9 Å². The molecular weight excluding hydrogens is 300 g/mol. The molecule has 116 valence electrons. The number of H-pyrrole nitrogens is 1. The number of thioether (sulfide) groups is 1. The van der Waals surface area contributed by atoms with E-state index in [1.807, 2.05) is 30.3 Å². The summed E-state index contributed by atoms with van der Waals surface area (Å²) in [6.07, 6.45) is 0.902. The van der Waals surface area contributed by atoms with Crippen molar-refractivity contribution in [1.82, 2.24) is 9.97 Å². The van der Waals surface area contributed by atoms with Crippen LogP contribution >= 0.6 is 11.8 Å². The Labute approximate surface area is 132 Å². The summed E-state index contributed by atoms with van der Waals surface area (Å²) in [6, 6.07) is 9.66. The summed E-state index contributed by atoms with van der Waals surface area (Å²) in [5.74, 6) is -1.15. The summed E-state index contributed by atoms with van der Waals surface area (Å²) >= 11 is 1.01. The first-order chi connectivity index (χ1) is 10.5. The van der Waals surface area contributed by atoms with Crippen molar-refractivity contribution in [2.75, 3.05) is 0 Å². The highest BCUT2D eigenvalue weighted by molar-refractivity contribution is 8.00. The molecule has 0 radical (unpaired) electrons. The zero-order valence-corrected chi connectivity index (χ0v) is 13.3. The molecule has 0 saturated heterocycles. The highest BCUT2D eigenvalue weighted by atomic mass is 32.2. The Hall–Kier alpha value is -2.08. The first kappa shape index (κ1) is 16.3. The van der Waals surface area contributed by atoms with Crippen LogP contribution in [0.4, 0.5) is 0 Å². The lowest BCUT2D eigenvalue weighted by Crippen LogP contribution is -2.33. The third kappa shape index (κ3) is 3.98. The molecule has 0 saturated carbocycles. The minimum atomic E-state index is -1.15. The molecule has 0 amide bonds. The van der Waals surface area contributed by atoms with Crippen LogP contribution in [0.15, 0.2) is 40.3 Å². The first-order valence-electron chi connectivity index (χ1n) is 7.02. The number of carboxylic acid groups (broad SMARTS) is 1. The van der Waals surface area contributed by atoms with Crippen molar-refractivity contribution in [2.45, 2.75) is 37.1 Å². The summed E-state index contributed by atoms with van der Waals surface area (Å²) in [5, 5.41) is 10.6. The number of hydrogen-bond donors (Lipinski definition) is 1. The van der Waals surface area contributed by atoms with Gasteiger partial charge in [0.2, 0.25) is 0 Å². The van der Waals surface area contributed by atoms with Crippen molar-refractivity contribution in [3.63, 3.8) is 0 Å². The number of carboxylic acids is 1. The Kier molecular flexibility index (Phi) is 5.38. The molecule has 2 rings (SSSR count). The van der Waals surface area contributed by atoms with Crippen LogP contribution < -0.4 is 10.7 Å². The lowest BCUT2D eigenvalue weighted by Gasteiger charge is -2.15. The summed E-state index contributed by atoms with van der Waals surface area (Å²) in [5.41, 5.74) is 2.01. The van der Waals surface area contributed by atoms with Gasteiger partial charge in [-0.2, -0.15) is 0 Å². The van der Waals surface area contributed by atoms with E-state index >= 15 is 0 Å². The molecule has 5 nitrogen and oxygen atoms in total. The molecule has 0 aliphatic rings. The highest BCUT2D eigenvalue weighted by Gasteiger charge is 2.14. The Morgan fingerprint density at radius 3 is 2.59 bits per heavy atom. The zero-order valence-electron chi connectivity index (χ0n) is 12.5. The van der Waals surface area contributed by atoms with E-state index < -0.39 is 11.2 Å². The number of carbonyl (C=O) groups is 1. The maximum absolute atomic E-state index is 12.2. The number of nitrogens with one attached hydrogen (secondary N) is 1. The van der Waals surface area contributed by atoms with Crippen molar-refractivity contribution < 1.29 is 9.90 Å². The smallest absolute Gasteiger partial charge is 0.255 e. The number of aromatic amines is 1. The van der Waals surface area contributed by atoms with Gasteiger partial charge >= 0.3 is 0 Å². The average molecular weight is 317 g/mol. The molecule has 0 spiro atoms. The van der Waals surface area contributed by atoms with Crippen molar-refractivity contribution >= 4 is 17.7 Å². The normalized spacial score (nSPS) is 12.1. The number of nitrogens with zero attached hydrogens (tertiary/aromatic N) is 1. The van der Waals surface area contributed by atoms with Crippen LogP contribution in [-0.4, -0.2) is 21.2 Å². The Morgan fingerprint density at radius 1 is 1.36 bits per heavy atom. The van der Waals surface area contributed by atoms with E-state index in [0.29, 0.717) is 29.3 Å². The van der Waals surface area contributed by atoms with Crippen molar-refractivity contribution in [2.24, 2.45) is 0 Å². The summed E-state index contributed by atoms with van der Waals surface area (Å²) in [7, 11) is 0. The molecule has 0 aliphatic heterocycles. The molecule has 1 atom stereocenters. The SMILES string of the molecule is CC[C@@H](Sc1nc(C)c(Cc2ccccc2)c(=O)[nH]1)C(=O)[O-]. The number of rotatable bonds is 6. The lowest BCUT2D eigenvalue weighted by atomic mass is 10.1. The molecule has 1 N–H and O–H groups in total. The van der Waals surface area contributed by atoms with Gasteiger partial charge in [0.1, 0.15) is 0 Å². The number of carbonyl (C=O) groups excluding carboxylic acids is 1. The number of aryl methyl sites for hydroxylation is 1. The molecule has 2 aromatic rings. The summed E-state index contributed by atoms with van der Waals surface area (Å²) < 4.78 is 0. The van der Waals surface area contributed by atoms with E-state index in [-0.39, 0.29) is 5.56 Å². The molecule has 22 heavy (non-hydrogen) atoms. The van der Waals surface area contributed by atoms with Gasteiger partial charge in [-0.15, -0.1) is 0 Å². The number of aliphatic carboxylic acids is 1. The average Bonchev–Trinajstić information content (AvgIpc) is 2.49. The van der Waals surface area contributed by atoms with Crippen LogP contribution in [0.3, 0.4) is 0 Å². The van der Waals surface area contributed by atoms with Crippen LogP contribution in [0.5, 0.6) is 0 Å². The van der Waals surface area contributed by atoms with E-state index in [9.17, 15) is 14.7 Å². The first-order valence-corrected chi connectivity index (χ1v) is 7.90. The summed E-state index contributed by atoms with van der Waals surface area (Å²) in [6.45, 7) is 3.51. The molecule has 0 unspecified atom stereocenters. The van der Waals surface area contributed by atoms with Crippen LogP contribution in [0.1, 0.15) is 30.2 Å².